The number of likely N-dealkylation sites (tertiary alicyclic amines) is 1. The number of benzene rings is 3. The molecule has 35 heavy (non-hydrogen) atoms. The van der Waals surface area contributed by atoms with Crippen molar-refractivity contribution in [3.05, 3.63) is 94.8 Å². The lowest BCUT2D eigenvalue weighted by atomic mass is 9.96. The molecule has 4 aromatic rings. The zero-order valence-corrected chi connectivity index (χ0v) is 20.8. The first-order valence-electron chi connectivity index (χ1n) is 12.4. The molecule has 5 nitrogen and oxygen atoms in total. The highest BCUT2D eigenvalue weighted by atomic mass is 35.5. The molecule has 0 aliphatic carbocycles. The van der Waals surface area contributed by atoms with E-state index in [9.17, 15) is 4.79 Å². The van der Waals surface area contributed by atoms with Gasteiger partial charge in [-0.05, 0) is 67.3 Å². The Labute approximate surface area is 211 Å². The minimum Gasteiger partial charge on any atom is -0.326 e. The smallest absolute Gasteiger partial charge is 0.228 e. The number of fused-ring (bicyclic) bond motifs is 1. The van der Waals surface area contributed by atoms with E-state index in [1.54, 1.807) is 0 Å². The number of halogens is 1. The summed E-state index contributed by atoms with van der Waals surface area (Å²) >= 11 is 6.10. The number of amides is 1. The van der Waals surface area contributed by atoms with Crippen molar-refractivity contribution in [3.8, 4) is 0 Å². The molecule has 5 rings (SSSR count). The molecule has 0 bridgehead atoms. The lowest BCUT2D eigenvalue weighted by Gasteiger charge is -2.32. The van der Waals surface area contributed by atoms with Crippen LogP contribution in [-0.4, -0.2) is 33.4 Å². The standard InChI is InChI=1S/C29H31ClN4O/c1-2-22-8-3-4-10-25(22)32-29(35)23-9-7-17-33(19-23)20-28-31-26-11-5-6-12-27(26)34(28)18-21-13-15-24(30)16-14-21/h3-6,8,10-16,23H,2,7,9,17-20H2,1H3,(H,32,35)/t23-/m1/s1. The predicted molar refractivity (Wildman–Crippen MR) is 143 cm³/mol. The summed E-state index contributed by atoms with van der Waals surface area (Å²) in [4.78, 5) is 20.5. The third-order valence-corrected chi connectivity index (χ3v) is 7.14. The largest absolute Gasteiger partial charge is 0.326 e. The van der Waals surface area contributed by atoms with Gasteiger partial charge in [0, 0.05) is 23.8 Å². The second-order valence-corrected chi connectivity index (χ2v) is 9.74. The molecule has 6 heteroatoms. The van der Waals surface area contributed by atoms with E-state index in [1.165, 1.54) is 11.1 Å². The van der Waals surface area contributed by atoms with E-state index in [4.69, 9.17) is 16.6 Å². The fourth-order valence-corrected chi connectivity index (χ4v) is 5.12. The maximum atomic E-state index is 13.1. The molecule has 1 atom stereocenters. The minimum absolute atomic E-state index is 0.0252. The minimum atomic E-state index is -0.0252. The van der Waals surface area contributed by atoms with Gasteiger partial charge in [0.25, 0.3) is 0 Å². The second kappa shape index (κ2) is 10.6. The van der Waals surface area contributed by atoms with Gasteiger partial charge in [0.1, 0.15) is 5.82 Å². The molecule has 1 N–H and O–H groups in total. The molecular weight excluding hydrogens is 456 g/mol. The van der Waals surface area contributed by atoms with Gasteiger partial charge >= 0.3 is 0 Å². The monoisotopic (exact) mass is 486 g/mol. The van der Waals surface area contributed by atoms with Crippen LogP contribution in [0.4, 0.5) is 5.69 Å². The summed E-state index contributed by atoms with van der Waals surface area (Å²) in [6.45, 7) is 5.28. The third kappa shape index (κ3) is 5.42. The maximum absolute atomic E-state index is 13.1. The molecule has 3 aromatic carbocycles. The number of hydrogen-bond acceptors (Lipinski definition) is 3. The second-order valence-electron chi connectivity index (χ2n) is 9.30. The average Bonchev–Trinajstić information content (AvgIpc) is 3.22. The fraction of sp³-hybridized carbons (Fsp3) is 0.310. The number of anilines is 1. The van der Waals surface area contributed by atoms with Crippen molar-refractivity contribution in [2.45, 2.75) is 39.3 Å². The Bertz CT molecular complexity index is 1310. The highest BCUT2D eigenvalue weighted by Gasteiger charge is 2.27. The Morgan fingerprint density at radius 3 is 2.63 bits per heavy atom. The van der Waals surface area contributed by atoms with Gasteiger partial charge in [0.15, 0.2) is 0 Å². The molecule has 1 saturated heterocycles. The number of imidazole rings is 1. The summed E-state index contributed by atoms with van der Waals surface area (Å²) in [6, 6.07) is 24.3. The van der Waals surface area contributed by atoms with Crippen LogP contribution in [0.15, 0.2) is 72.8 Å². The molecule has 0 radical (unpaired) electrons. The fourth-order valence-electron chi connectivity index (χ4n) is 4.99. The van der Waals surface area contributed by atoms with Crippen molar-refractivity contribution in [3.63, 3.8) is 0 Å². The van der Waals surface area contributed by atoms with E-state index in [0.29, 0.717) is 0 Å². The molecule has 1 aromatic heterocycles. The van der Waals surface area contributed by atoms with Crippen LogP contribution in [0.2, 0.25) is 5.02 Å². The van der Waals surface area contributed by atoms with Gasteiger partial charge in [-0.1, -0.05) is 61.0 Å². The van der Waals surface area contributed by atoms with E-state index >= 15 is 0 Å². The van der Waals surface area contributed by atoms with Gasteiger partial charge < -0.3 is 9.88 Å². The Hall–Kier alpha value is -3.15. The van der Waals surface area contributed by atoms with Gasteiger partial charge in [-0.3, -0.25) is 9.69 Å². The van der Waals surface area contributed by atoms with E-state index in [-0.39, 0.29) is 11.8 Å². The SMILES string of the molecule is CCc1ccccc1NC(=O)[C@@H]1CCCN(Cc2nc3ccccc3n2Cc2ccc(Cl)cc2)C1. The average molecular weight is 487 g/mol. The highest BCUT2D eigenvalue weighted by Crippen LogP contribution is 2.24. The summed E-state index contributed by atoms with van der Waals surface area (Å²) in [5, 5.41) is 3.93. The molecule has 0 saturated carbocycles. The van der Waals surface area contributed by atoms with Crippen molar-refractivity contribution in [2.24, 2.45) is 5.92 Å². The number of rotatable bonds is 7. The van der Waals surface area contributed by atoms with Crippen molar-refractivity contribution in [1.29, 1.82) is 0 Å². The van der Waals surface area contributed by atoms with E-state index < -0.39 is 0 Å². The van der Waals surface area contributed by atoms with Crippen LogP contribution in [0.1, 0.15) is 36.7 Å². The number of nitrogens with one attached hydrogen (secondary N) is 1. The van der Waals surface area contributed by atoms with Crippen molar-refractivity contribution < 1.29 is 4.79 Å². The zero-order chi connectivity index (χ0) is 24.2. The molecule has 1 aliphatic rings. The molecule has 0 spiro atoms. The van der Waals surface area contributed by atoms with Gasteiger partial charge in [0.2, 0.25) is 5.91 Å². The Balaban J connectivity index is 1.33. The number of aryl methyl sites for hydroxylation is 1. The Kier molecular flexibility index (Phi) is 7.16. The zero-order valence-electron chi connectivity index (χ0n) is 20.1. The summed E-state index contributed by atoms with van der Waals surface area (Å²) in [7, 11) is 0. The normalized spacial score (nSPS) is 16.5. The number of carbonyl (C=O) groups is 1. The van der Waals surface area contributed by atoms with Crippen LogP contribution in [0.3, 0.4) is 0 Å². The van der Waals surface area contributed by atoms with E-state index in [0.717, 1.165) is 73.0 Å². The van der Waals surface area contributed by atoms with Gasteiger partial charge in [-0.15, -0.1) is 0 Å². The summed E-state index contributed by atoms with van der Waals surface area (Å²) in [5.41, 5.74) is 5.41. The van der Waals surface area contributed by atoms with Gasteiger partial charge in [-0.2, -0.15) is 0 Å². The van der Waals surface area contributed by atoms with Crippen LogP contribution in [0, 0.1) is 5.92 Å². The van der Waals surface area contributed by atoms with Crippen molar-refractivity contribution in [2.75, 3.05) is 18.4 Å². The number of aromatic nitrogens is 2. The molecule has 180 valence electrons. The molecular formula is C29H31ClN4O. The Morgan fingerprint density at radius 2 is 1.80 bits per heavy atom. The molecule has 2 heterocycles. The summed E-state index contributed by atoms with van der Waals surface area (Å²) in [5.74, 6) is 1.12. The van der Waals surface area contributed by atoms with E-state index in [1.807, 2.05) is 36.4 Å². The predicted octanol–water partition coefficient (Wildman–Crippen LogP) is 6.15. The number of hydrogen-bond donors (Lipinski definition) is 1. The lowest BCUT2D eigenvalue weighted by Crippen LogP contribution is -2.40. The number of carbonyl (C=O) groups excluding carboxylic acids is 1. The highest BCUT2D eigenvalue weighted by molar-refractivity contribution is 6.30. The van der Waals surface area contributed by atoms with Crippen LogP contribution < -0.4 is 5.32 Å². The Morgan fingerprint density at radius 1 is 1.03 bits per heavy atom. The van der Waals surface area contributed by atoms with Crippen LogP contribution in [0.25, 0.3) is 11.0 Å². The van der Waals surface area contributed by atoms with Gasteiger partial charge in [-0.25, -0.2) is 4.98 Å². The van der Waals surface area contributed by atoms with Crippen molar-refractivity contribution in [1.82, 2.24) is 14.5 Å². The van der Waals surface area contributed by atoms with Gasteiger partial charge in [0.05, 0.1) is 23.5 Å². The summed E-state index contributed by atoms with van der Waals surface area (Å²) in [6.07, 6.45) is 2.82. The topological polar surface area (TPSA) is 50.2 Å². The first kappa shape index (κ1) is 23.6. The number of piperidine rings is 1. The molecule has 0 unspecified atom stereocenters. The lowest BCUT2D eigenvalue weighted by molar-refractivity contribution is -0.121. The van der Waals surface area contributed by atoms with Crippen LogP contribution >= 0.6 is 11.6 Å². The van der Waals surface area contributed by atoms with Crippen LogP contribution in [0.5, 0.6) is 0 Å². The van der Waals surface area contributed by atoms with E-state index in [2.05, 4.69) is 58.1 Å². The quantitative estimate of drug-likeness (QED) is 0.341. The number of para-hydroxylation sites is 3. The first-order valence-corrected chi connectivity index (χ1v) is 12.8. The maximum Gasteiger partial charge on any atom is 0.228 e. The molecule has 1 aliphatic heterocycles. The summed E-state index contributed by atoms with van der Waals surface area (Å²) < 4.78 is 2.29. The van der Waals surface area contributed by atoms with Crippen molar-refractivity contribution >= 4 is 34.2 Å². The molecule has 1 fully saturated rings. The van der Waals surface area contributed by atoms with Crippen LogP contribution in [-0.2, 0) is 24.3 Å². The first-order chi connectivity index (χ1) is 17.1. The molecule has 1 amide bonds. The third-order valence-electron chi connectivity index (χ3n) is 6.89. The number of nitrogens with zero attached hydrogens (tertiary/aromatic N) is 3.